The maximum Gasteiger partial charge on any atom is 0.271 e. The number of hydrogen-bond acceptors (Lipinski definition) is 5. The first-order valence-corrected chi connectivity index (χ1v) is 12.5. The van der Waals surface area contributed by atoms with Crippen molar-refractivity contribution < 1.29 is 9.66 Å². The lowest BCUT2D eigenvalue weighted by molar-refractivity contribution is -0.384. The van der Waals surface area contributed by atoms with Crippen LogP contribution in [-0.4, -0.2) is 33.1 Å². The molecule has 7 nitrogen and oxygen atoms in total. The first kappa shape index (κ1) is 23.7. The molecule has 1 aromatic heterocycles. The van der Waals surface area contributed by atoms with Gasteiger partial charge < -0.3 is 4.74 Å². The largest absolute Gasteiger partial charge is 0.494 e. The number of ether oxygens (including phenoxy) is 1. The molecule has 0 N–H and O–H groups in total. The molecular formula is C24H31N4O3P. The summed E-state index contributed by atoms with van der Waals surface area (Å²) in [5.41, 5.74) is 3.49. The Balaban J connectivity index is 2.39. The van der Waals surface area contributed by atoms with Gasteiger partial charge in [0, 0.05) is 29.6 Å². The van der Waals surface area contributed by atoms with E-state index in [-0.39, 0.29) is 10.8 Å². The first-order valence-electron chi connectivity index (χ1n) is 10.6. The topological polar surface area (TPSA) is 82.6 Å². The van der Waals surface area contributed by atoms with Crippen LogP contribution in [0.4, 0.5) is 11.4 Å². The molecule has 0 saturated carbocycles. The van der Waals surface area contributed by atoms with Gasteiger partial charge in [0.25, 0.3) is 5.69 Å². The number of para-hydroxylation sites is 1. The van der Waals surface area contributed by atoms with E-state index in [2.05, 4.69) is 34.6 Å². The van der Waals surface area contributed by atoms with Gasteiger partial charge in [-0.15, -0.1) is 0 Å². The summed E-state index contributed by atoms with van der Waals surface area (Å²) in [7, 11) is -0.698. The molecule has 32 heavy (non-hydrogen) atoms. The number of methoxy groups -OCH3 is 1. The highest BCUT2D eigenvalue weighted by Crippen LogP contribution is 2.63. The summed E-state index contributed by atoms with van der Waals surface area (Å²) in [6, 6.07) is 14.6. The van der Waals surface area contributed by atoms with Gasteiger partial charge in [-0.3, -0.25) is 14.9 Å². The van der Waals surface area contributed by atoms with E-state index in [0.717, 1.165) is 28.5 Å². The molecule has 170 valence electrons. The van der Waals surface area contributed by atoms with Crippen LogP contribution in [0.3, 0.4) is 0 Å². The van der Waals surface area contributed by atoms with Crippen LogP contribution in [0.2, 0.25) is 0 Å². The molecule has 2 aromatic carbocycles. The van der Waals surface area contributed by atoms with E-state index in [1.807, 2.05) is 41.9 Å². The van der Waals surface area contributed by atoms with Gasteiger partial charge in [0.05, 0.1) is 29.1 Å². The average Bonchev–Trinajstić information content (AvgIpc) is 3.06. The minimum Gasteiger partial charge on any atom is -0.494 e. The fourth-order valence-corrected chi connectivity index (χ4v) is 8.49. The quantitative estimate of drug-likeness (QED) is 0.246. The van der Waals surface area contributed by atoms with Crippen molar-refractivity contribution in [2.24, 2.45) is 4.74 Å². The van der Waals surface area contributed by atoms with Crippen LogP contribution < -0.4 is 10.0 Å². The fourth-order valence-electron chi connectivity index (χ4n) is 4.28. The Bertz CT molecular complexity index is 1190. The lowest BCUT2D eigenvalue weighted by Gasteiger charge is -2.37. The number of aryl methyl sites for hydroxylation is 1. The van der Waals surface area contributed by atoms with Crippen molar-refractivity contribution in [3.63, 3.8) is 0 Å². The molecular weight excluding hydrogens is 423 g/mol. The number of aromatic nitrogens is 2. The highest BCUT2D eigenvalue weighted by atomic mass is 31.2. The zero-order valence-electron chi connectivity index (χ0n) is 19.8. The zero-order valence-corrected chi connectivity index (χ0v) is 20.7. The average molecular weight is 455 g/mol. The number of rotatable bonds is 6. The van der Waals surface area contributed by atoms with Gasteiger partial charge in [0.1, 0.15) is 11.4 Å². The van der Waals surface area contributed by atoms with Crippen LogP contribution in [0.5, 0.6) is 5.75 Å². The molecule has 0 spiro atoms. The Morgan fingerprint density at radius 2 is 1.81 bits per heavy atom. The lowest BCUT2D eigenvalue weighted by Crippen LogP contribution is -2.27. The summed E-state index contributed by atoms with van der Waals surface area (Å²) >= 11 is 0. The molecule has 0 fully saturated rings. The maximum absolute atomic E-state index is 11.4. The van der Waals surface area contributed by atoms with Crippen LogP contribution >= 0.6 is 7.05 Å². The fraction of sp³-hybridized carbons (Fsp3) is 0.375. The summed E-state index contributed by atoms with van der Waals surface area (Å²) in [6.07, 6.45) is 0.796. The molecule has 1 atom stereocenters. The molecule has 1 heterocycles. The van der Waals surface area contributed by atoms with E-state index in [9.17, 15) is 10.1 Å². The van der Waals surface area contributed by atoms with E-state index in [4.69, 9.17) is 14.6 Å². The molecule has 0 bridgehead atoms. The highest BCUT2D eigenvalue weighted by Gasteiger charge is 2.39. The first-order chi connectivity index (χ1) is 15.1. The minimum atomic E-state index is -2.26. The van der Waals surface area contributed by atoms with Gasteiger partial charge in [-0.25, -0.2) is 4.68 Å². The lowest BCUT2D eigenvalue weighted by atomic mass is 10.2. The Morgan fingerprint density at radius 1 is 1.16 bits per heavy atom. The van der Waals surface area contributed by atoms with Crippen molar-refractivity contribution in [3.8, 4) is 11.4 Å². The van der Waals surface area contributed by atoms with Crippen LogP contribution in [0.25, 0.3) is 5.69 Å². The number of nitrogens with zero attached hydrogens (tertiary/aromatic N) is 4. The van der Waals surface area contributed by atoms with Crippen molar-refractivity contribution in [1.82, 2.24) is 9.78 Å². The van der Waals surface area contributed by atoms with Gasteiger partial charge in [-0.2, -0.15) is 5.10 Å². The number of hydrogen-bond donors (Lipinski definition) is 0. The molecule has 3 rings (SSSR count). The van der Waals surface area contributed by atoms with Crippen molar-refractivity contribution in [1.29, 1.82) is 0 Å². The van der Waals surface area contributed by atoms with Crippen LogP contribution in [0.15, 0.2) is 53.3 Å². The van der Waals surface area contributed by atoms with E-state index in [1.165, 1.54) is 12.1 Å². The number of nitro benzene ring substituents is 1. The van der Waals surface area contributed by atoms with Crippen molar-refractivity contribution in [2.75, 3.05) is 13.3 Å². The molecule has 8 heteroatoms. The Hall–Kier alpha value is -2.92. The monoisotopic (exact) mass is 454 g/mol. The highest BCUT2D eigenvalue weighted by molar-refractivity contribution is 7.75. The van der Waals surface area contributed by atoms with Crippen molar-refractivity contribution in [3.05, 3.63) is 70.0 Å². The summed E-state index contributed by atoms with van der Waals surface area (Å²) in [4.78, 5) is 11.0. The smallest absolute Gasteiger partial charge is 0.271 e. The SMILES string of the molecule is CC[P@@](=Nc1cc([N+](=O)[O-])ccc1OC)(c1c(C)nn(-c2ccccc2)c1C)C(C)(C)C. The molecule has 0 amide bonds. The minimum absolute atomic E-state index is 0.00101. The molecule has 0 aliphatic heterocycles. The second-order valence-corrected chi connectivity index (χ2v) is 12.9. The van der Waals surface area contributed by atoms with Gasteiger partial charge >= 0.3 is 0 Å². The molecule has 0 radical (unpaired) electrons. The Labute approximate surface area is 189 Å². The van der Waals surface area contributed by atoms with Crippen LogP contribution in [0, 0.1) is 24.0 Å². The third-order valence-corrected chi connectivity index (χ3v) is 10.9. The van der Waals surface area contributed by atoms with Crippen molar-refractivity contribution in [2.45, 2.75) is 46.7 Å². The molecule has 0 saturated heterocycles. The third kappa shape index (κ3) is 4.09. The van der Waals surface area contributed by atoms with E-state index >= 15 is 0 Å². The molecule has 0 aliphatic carbocycles. The van der Waals surface area contributed by atoms with Gasteiger partial charge in [-0.1, -0.05) is 45.9 Å². The summed E-state index contributed by atoms with van der Waals surface area (Å²) in [5.74, 6) is 0.531. The van der Waals surface area contributed by atoms with Gasteiger partial charge in [0.2, 0.25) is 0 Å². The zero-order chi connectivity index (χ0) is 23.7. The van der Waals surface area contributed by atoms with E-state index < -0.39 is 12.0 Å². The van der Waals surface area contributed by atoms with Crippen molar-refractivity contribution >= 4 is 23.7 Å². The molecule has 0 aliphatic rings. The number of non-ortho nitro benzene ring substituents is 1. The Kier molecular flexibility index (Phi) is 6.61. The van der Waals surface area contributed by atoms with Crippen LogP contribution in [0.1, 0.15) is 39.1 Å². The predicted octanol–water partition coefficient (Wildman–Crippen LogP) is 6.38. The summed E-state index contributed by atoms with van der Waals surface area (Å²) < 4.78 is 12.8. The standard InChI is InChI=1S/C24H31N4O3P/c1-8-32(24(4,5)6,26-21-16-20(28(29)30)14-15-22(21)31-7)23-17(2)25-27(18(23)3)19-12-10-9-11-13-19/h9-16H,8H2,1-7H3/t32-/m1/s1. The molecule has 0 unspecified atom stereocenters. The number of benzene rings is 2. The van der Waals surface area contributed by atoms with E-state index in [1.54, 1.807) is 13.2 Å². The second-order valence-electron chi connectivity index (χ2n) is 8.74. The molecule has 3 aromatic rings. The van der Waals surface area contributed by atoms with Gasteiger partial charge in [0.15, 0.2) is 0 Å². The van der Waals surface area contributed by atoms with E-state index in [0.29, 0.717) is 11.4 Å². The maximum atomic E-state index is 11.4. The normalized spacial score (nSPS) is 13.5. The van der Waals surface area contributed by atoms with Crippen LogP contribution in [-0.2, 0) is 0 Å². The summed E-state index contributed by atoms with van der Waals surface area (Å²) in [6.45, 7) is 12.8. The second kappa shape index (κ2) is 8.91. The summed E-state index contributed by atoms with van der Waals surface area (Å²) in [5, 5.41) is 17.3. The third-order valence-electron chi connectivity index (χ3n) is 5.84. The number of nitro groups is 1. The Morgan fingerprint density at radius 3 is 2.34 bits per heavy atom. The predicted molar refractivity (Wildman–Crippen MR) is 132 cm³/mol. The van der Waals surface area contributed by atoms with Gasteiger partial charge in [-0.05, 0) is 38.2 Å².